The molecule has 2 atom stereocenters. The molecule has 3 rings (SSSR count). The number of amides is 2. The Morgan fingerprint density at radius 2 is 1.94 bits per heavy atom. The molecule has 2 heterocycles. The molecule has 0 spiro atoms. The average molecular weight is 440 g/mol. The van der Waals surface area contributed by atoms with Gasteiger partial charge in [0.05, 0.1) is 5.56 Å². The zero-order valence-corrected chi connectivity index (χ0v) is 17.5. The number of hydrogen-bond acceptors (Lipinski definition) is 6. The lowest BCUT2D eigenvalue weighted by Gasteiger charge is -2.26. The van der Waals surface area contributed by atoms with E-state index in [4.69, 9.17) is 9.15 Å². The summed E-state index contributed by atoms with van der Waals surface area (Å²) in [5.41, 5.74) is -1.45. The number of ether oxygens (including phenoxy) is 1. The van der Waals surface area contributed by atoms with Crippen LogP contribution in [0.2, 0.25) is 0 Å². The molecule has 1 aromatic carbocycles. The van der Waals surface area contributed by atoms with Crippen LogP contribution >= 0.6 is 0 Å². The average Bonchev–Trinajstić information content (AvgIpc) is 3.27. The van der Waals surface area contributed by atoms with Gasteiger partial charge in [-0.1, -0.05) is 6.07 Å². The van der Waals surface area contributed by atoms with E-state index in [1.54, 1.807) is 20.8 Å². The molecule has 0 bridgehead atoms. The minimum atomic E-state index is -4.52. The molecule has 11 heteroatoms. The number of nitrogens with zero attached hydrogens (tertiary/aromatic N) is 3. The first kappa shape index (κ1) is 22.6. The van der Waals surface area contributed by atoms with E-state index in [-0.39, 0.29) is 36.0 Å². The monoisotopic (exact) mass is 440 g/mol. The van der Waals surface area contributed by atoms with Crippen molar-refractivity contribution in [3.05, 3.63) is 35.7 Å². The lowest BCUT2D eigenvalue weighted by atomic mass is 10.1. The van der Waals surface area contributed by atoms with E-state index in [9.17, 15) is 22.8 Å². The second-order valence-electron chi connectivity index (χ2n) is 8.38. The number of nitrogens with one attached hydrogen (secondary N) is 1. The highest BCUT2D eigenvalue weighted by molar-refractivity contribution is 5.90. The van der Waals surface area contributed by atoms with E-state index in [1.165, 1.54) is 17.0 Å². The fourth-order valence-electron chi connectivity index (χ4n) is 3.22. The molecule has 1 aliphatic heterocycles. The Balaban J connectivity index is 1.65. The van der Waals surface area contributed by atoms with Crippen LogP contribution in [0.25, 0.3) is 11.5 Å². The lowest BCUT2D eigenvalue weighted by Crippen LogP contribution is -2.41. The number of likely N-dealkylation sites (tertiary alicyclic amines) is 1. The maximum Gasteiger partial charge on any atom is 0.416 e. The zero-order chi connectivity index (χ0) is 23.0. The summed E-state index contributed by atoms with van der Waals surface area (Å²) in [6.45, 7) is 7.39. The molecule has 1 fully saturated rings. The molecule has 8 nitrogen and oxygen atoms in total. The molecule has 0 saturated carbocycles. The van der Waals surface area contributed by atoms with Crippen molar-refractivity contribution in [2.45, 2.75) is 58.0 Å². The zero-order valence-electron chi connectivity index (χ0n) is 17.5. The van der Waals surface area contributed by atoms with Gasteiger partial charge in [0, 0.05) is 24.2 Å². The Kier molecular flexibility index (Phi) is 5.97. The fourth-order valence-corrected chi connectivity index (χ4v) is 3.22. The topological polar surface area (TPSA) is 97.6 Å². The molecule has 0 aliphatic carbocycles. The summed E-state index contributed by atoms with van der Waals surface area (Å²) in [5.74, 6) is -1.25. The van der Waals surface area contributed by atoms with Crippen molar-refractivity contribution in [2.24, 2.45) is 0 Å². The first-order chi connectivity index (χ1) is 14.3. The van der Waals surface area contributed by atoms with Crippen molar-refractivity contribution < 1.29 is 31.9 Å². The van der Waals surface area contributed by atoms with Crippen molar-refractivity contribution in [1.82, 2.24) is 20.4 Å². The summed E-state index contributed by atoms with van der Waals surface area (Å²) in [7, 11) is 0. The highest BCUT2D eigenvalue weighted by atomic mass is 19.4. The van der Waals surface area contributed by atoms with Crippen LogP contribution in [0.15, 0.2) is 28.7 Å². The predicted octanol–water partition coefficient (Wildman–Crippen LogP) is 3.88. The van der Waals surface area contributed by atoms with Gasteiger partial charge in [-0.3, -0.25) is 4.79 Å². The Bertz CT molecular complexity index is 968. The first-order valence-corrected chi connectivity index (χ1v) is 9.65. The van der Waals surface area contributed by atoms with Crippen LogP contribution in [0.1, 0.15) is 50.4 Å². The van der Waals surface area contributed by atoms with Crippen LogP contribution in [0.4, 0.5) is 18.0 Å². The van der Waals surface area contributed by atoms with Crippen molar-refractivity contribution in [2.75, 3.05) is 6.54 Å². The normalized spacial score (nSPS) is 19.4. The SMILES string of the molecule is C[C@@H]1C[C@@H](NC(=O)c2nnc(-c3cccc(C(F)(F)F)c3)o2)CN1C(=O)OC(C)(C)C. The summed E-state index contributed by atoms with van der Waals surface area (Å²) in [6, 6.07) is 3.87. The number of benzene rings is 1. The van der Waals surface area contributed by atoms with Crippen LogP contribution in [0, 0.1) is 0 Å². The van der Waals surface area contributed by atoms with Gasteiger partial charge in [-0.2, -0.15) is 13.2 Å². The highest BCUT2D eigenvalue weighted by Gasteiger charge is 2.36. The number of carbonyl (C=O) groups is 2. The summed E-state index contributed by atoms with van der Waals surface area (Å²) in [4.78, 5) is 26.3. The van der Waals surface area contributed by atoms with E-state index in [2.05, 4.69) is 15.5 Å². The van der Waals surface area contributed by atoms with Gasteiger partial charge in [-0.05, 0) is 52.3 Å². The number of rotatable bonds is 3. The second kappa shape index (κ2) is 8.20. The minimum absolute atomic E-state index is 0.0481. The van der Waals surface area contributed by atoms with Crippen LogP contribution in [0.5, 0.6) is 0 Å². The molecular formula is C20H23F3N4O4. The van der Waals surface area contributed by atoms with E-state index < -0.39 is 29.3 Å². The fraction of sp³-hybridized carbons (Fsp3) is 0.500. The molecule has 1 N–H and O–H groups in total. The lowest BCUT2D eigenvalue weighted by molar-refractivity contribution is -0.137. The predicted molar refractivity (Wildman–Crippen MR) is 103 cm³/mol. The molecule has 2 amide bonds. The number of halogens is 3. The van der Waals surface area contributed by atoms with Crippen LogP contribution in [0.3, 0.4) is 0 Å². The minimum Gasteiger partial charge on any atom is -0.444 e. The summed E-state index contributed by atoms with van der Waals surface area (Å²) in [5, 5.41) is 10.0. The van der Waals surface area contributed by atoms with E-state index >= 15 is 0 Å². The Labute approximate surface area is 176 Å². The first-order valence-electron chi connectivity index (χ1n) is 9.65. The number of hydrogen-bond donors (Lipinski definition) is 1. The third-order valence-corrected chi connectivity index (χ3v) is 4.59. The van der Waals surface area contributed by atoms with Crippen LogP contribution in [-0.4, -0.2) is 51.3 Å². The molecule has 31 heavy (non-hydrogen) atoms. The number of alkyl halides is 3. The highest BCUT2D eigenvalue weighted by Crippen LogP contribution is 2.31. The molecule has 168 valence electrons. The quantitative estimate of drug-likeness (QED) is 0.778. The van der Waals surface area contributed by atoms with Crippen molar-refractivity contribution in [3.63, 3.8) is 0 Å². The molecule has 1 aromatic heterocycles. The van der Waals surface area contributed by atoms with Gasteiger partial charge in [-0.25, -0.2) is 4.79 Å². The Hall–Kier alpha value is -3.11. The van der Waals surface area contributed by atoms with Crippen molar-refractivity contribution >= 4 is 12.0 Å². The van der Waals surface area contributed by atoms with Crippen LogP contribution in [-0.2, 0) is 10.9 Å². The smallest absolute Gasteiger partial charge is 0.416 e. The van der Waals surface area contributed by atoms with Crippen molar-refractivity contribution in [1.29, 1.82) is 0 Å². The molecule has 0 unspecified atom stereocenters. The summed E-state index contributed by atoms with van der Waals surface area (Å²) in [6.07, 6.45) is -4.49. The Morgan fingerprint density at radius 3 is 2.58 bits per heavy atom. The summed E-state index contributed by atoms with van der Waals surface area (Å²) < 4.78 is 49.3. The van der Waals surface area contributed by atoms with Gasteiger partial charge < -0.3 is 19.4 Å². The van der Waals surface area contributed by atoms with E-state index in [0.29, 0.717) is 6.42 Å². The third-order valence-electron chi connectivity index (χ3n) is 4.59. The van der Waals surface area contributed by atoms with E-state index in [0.717, 1.165) is 12.1 Å². The molecule has 1 saturated heterocycles. The van der Waals surface area contributed by atoms with Crippen LogP contribution < -0.4 is 5.32 Å². The van der Waals surface area contributed by atoms with E-state index in [1.807, 2.05) is 6.92 Å². The molecule has 0 radical (unpaired) electrons. The largest absolute Gasteiger partial charge is 0.444 e. The standard InChI is InChI=1S/C20H23F3N4O4/c1-11-8-14(10-27(11)18(29)31-19(2,3)4)24-15(28)17-26-25-16(30-17)12-6-5-7-13(9-12)20(21,22)23/h5-7,9,11,14H,8,10H2,1-4H3,(H,24,28)/t11-,14-/m1/s1. The third kappa shape index (κ3) is 5.53. The summed E-state index contributed by atoms with van der Waals surface area (Å²) >= 11 is 0. The van der Waals surface area contributed by atoms with Gasteiger partial charge in [0.2, 0.25) is 5.89 Å². The van der Waals surface area contributed by atoms with Gasteiger partial charge in [0.15, 0.2) is 0 Å². The molecule has 1 aliphatic rings. The molecule has 2 aromatic rings. The van der Waals surface area contributed by atoms with Gasteiger partial charge in [0.25, 0.3) is 0 Å². The van der Waals surface area contributed by atoms with Gasteiger partial charge in [0.1, 0.15) is 5.60 Å². The maximum absolute atomic E-state index is 12.9. The maximum atomic E-state index is 12.9. The molecular weight excluding hydrogens is 417 g/mol. The number of carbonyl (C=O) groups excluding carboxylic acids is 2. The van der Waals surface area contributed by atoms with Gasteiger partial charge in [-0.15, -0.1) is 10.2 Å². The van der Waals surface area contributed by atoms with Gasteiger partial charge >= 0.3 is 24.1 Å². The second-order valence-corrected chi connectivity index (χ2v) is 8.38. The number of aromatic nitrogens is 2. The van der Waals surface area contributed by atoms with Crippen molar-refractivity contribution in [3.8, 4) is 11.5 Å². The Morgan fingerprint density at radius 1 is 1.23 bits per heavy atom.